The molecule has 0 aliphatic carbocycles. The van der Waals surface area contributed by atoms with Gasteiger partial charge in [0.05, 0.1) is 12.6 Å². The Morgan fingerprint density at radius 2 is 1.92 bits per heavy atom. The molecule has 1 atom stereocenters. The molecule has 0 amide bonds. The van der Waals surface area contributed by atoms with Crippen molar-refractivity contribution >= 4 is 17.0 Å². The number of aliphatic hydroxyl groups excluding tert-OH is 1. The van der Waals surface area contributed by atoms with E-state index in [1.54, 1.807) is 0 Å². The zero-order chi connectivity index (χ0) is 18.3. The lowest BCUT2D eigenvalue weighted by atomic mass is 9.96. The fourth-order valence-corrected chi connectivity index (χ4v) is 3.19. The van der Waals surface area contributed by atoms with Gasteiger partial charge in [0.15, 0.2) is 17.0 Å². The Balaban J connectivity index is 1.83. The number of anilines is 1. The average molecular weight is 352 g/mol. The minimum atomic E-state index is -0.322. The van der Waals surface area contributed by atoms with Gasteiger partial charge >= 0.3 is 0 Å². The molecule has 3 heterocycles. The number of nitrogens with zero attached hydrogens (tertiary/aromatic N) is 6. The number of hydrogen-bond acceptors (Lipinski definition) is 6. The molecule has 1 aliphatic heterocycles. The number of β-amino-alcohol motifs (C(OH)–C–C–N with tert-alkyl or cyclic N) is 1. The summed E-state index contributed by atoms with van der Waals surface area (Å²) in [6, 6.07) is 10.2. The molecular weight excluding hydrogens is 328 g/mol. The molecule has 0 radical (unpaired) electrons. The molecule has 1 N–H and O–H groups in total. The lowest BCUT2D eigenvalue weighted by molar-refractivity contribution is 0.198. The predicted molar refractivity (Wildman–Crippen MR) is 100 cm³/mol. The van der Waals surface area contributed by atoms with Crippen LogP contribution in [0.15, 0.2) is 30.3 Å². The zero-order valence-electron chi connectivity index (χ0n) is 15.4. The Bertz CT molecular complexity index is 915. The molecule has 7 nitrogen and oxygen atoms in total. The van der Waals surface area contributed by atoms with E-state index in [9.17, 15) is 5.11 Å². The smallest absolute Gasteiger partial charge is 0.184 e. The lowest BCUT2D eigenvalue weighted by Crippen LogP contribution is -2.25. The van der Waals surface area contributed by atoms with Crippen molar-refractivity contribution in [2.75, 3.05) is 18.0 Å². The second kappa shape index (κ2) is 6.32. The van der Waals surface area contributed by atoms with Gasteiger partial charge < -0.3 is 10.0 Å². The monoisotopic (exact) mass is 352 g/mol. The second-order valence-corrected chi connectivity index (χ2v) is 7.91. The number of aromatic nitrogens is 5. The summed E-state index contributed by atoms with van der Waals surface area (Å²) in [6.45, 7) is 8.25. The topological polar surface area (TPSA) is 80.0 Å². The van der Waals surface area contributed by atoms with E-state index < -0.39 is 0 Å². The highest BCUT2D eigenvalue weighted by Crippen LogP contribution is 2.29. The molecule has 1 unspecified atom stereocenters. The molecule has 7 heteroatoms. The number of hydrogen-bond donors (Lipinski definition) is 1. The molecule has 0 saturated carbocycles. The molecule has 1 saturated heterocycles. The second-order valence-electron chi connectivity index (χ2n) is 7.91. The summed E-state index contributed by atoms with van der Waals surface area (Å²) in [7, 11) is 0. The third-order valence-corrected chi connectivity index (χ3v) is 4.65. The van der Waals surface area contributed by atoms with Gasteiger partial charge in [-0.15, -0.1) is 5.10 Å². The highest BCUT2D eigenvalue weighted by Gasteiger charge is 2.28. The summed E-state index contributed by atoms with van der Waals surface area (Å²) in [5, 5.41) is 18.6. The first-order chi connectivity index (χ1) is 12.4. The number of aliphatic hydroxyl groups is 1. The van der Waals surface area contributed by atoms with Crippen molar-refractivity contribution in [3.05, 3.63) is 41.7 Å². The van der Waals surface area contributed by atoms with Crippen molar-refractivity contribution in [3.8, 4) is 0 Å². The van der Waals surface area contributed by atoms with E-state index >= 15 is 0 Å². The molecule has 1 fully saturated rings. The van der Waals surface area contributed by atoms with Crippen LogP contribution in [0.1, 0.15) is 38.6 Å². The number of rotatable bonds is 3. The normalized spacial score (nSPS) is 18.0. The maximum Gasteiger partial charge on any atom is 0.184 e. The van der Waals surface area contributed by atoms with Crippen molar-refractivity contribution < 1.29 is 5.11 Å². The third kappa shape index (κ3) is 3.14. The molecule has 3 aromatic rings. The van der Waals surface area contributed by atoms with Crippen LogP contribution in [-0.2, 0) is 12.0 Å². The molecule has 136 valence electrons. The fraction of sp³-hybridized carbons (Fsp3) is 0.474. The Labute approximate surface area is 152 Å². The van der Waals surface area contributed by atoms with E-state index in [1.165, 1.54) is 0 Å². The van der Waals surface area contributed by atoms with Crippen molar-refractivity contribution in [2.45, 2.75) is 45.3 Å². The molecule has 0 bridgehead atoms. The van der Waals surface area contributed by atoms with Crippen molar-refractivity contribution in [2.24, 2.45) is 0 Å². The van der Waals surface area contributed by atoms with E-state index in [0.29, 0.717) is 18.6 Å². The zero-order valence-corrected chi connectivity index (χ0v) is 15.4. The Kier molecular flexibility index (Phi) is 4.11. The molecule has 26 heavy (non-hydrogen) atoms. The number of benzene rings is 1. The molecule has 2 aromatic heterocycles. The first kappa shape index (κ1) is 16.9. The first-order valence-corrected chi connectivity index (χ1v) is 9.00. The summed E-state index contributed by atoms with van der Waals surface area (Å²) in [5.74, 6) is 1.54. The summed E-state index contributed by atoms with van der Waals surface area (Å²) >= 11 is 0. The van der Waals surface area contributed by atoms with Crippen LogP contribution in [-0.4, -0.2) is 49.3 Å². The number of fused-ring (bicyclic) bond motifs is 1. The SMILES string of the molecule is CC(C)(C)c1nc(N2CCC(O)C2)c2nnn(Cc3ccccc3)c2n1. The minimum Gasteiger partial charge on any atom is -0.391 e. The highest BCUT2D eigenvalue weighted by molar-refractivity contribution is 5.83. The lowest BCUT2D eigenvalue weighted by Gasteiger charge is -2.21. The van der Waals surface area contributed by atoms with Crippen LogP contribution in [0.2, 0.25) is 0 Å². The quantitative estimate of drug-likeness (QED) is 0.778. The van der Waals surface area contributed by atoms with Crippen LogP contribution in [0, 0.1) is 0 Å². The molecule has 1 aromatic carbocycles. The van der Waals surface area contributed by atoms with Crippen molar-refractivity contribution in [1.82, 2.24) is 25.0 Å². The standard InChI is InChI=1S/C19H24N6O/c1-19(2,3)18-20-16(24-10-9-14(26)12-24)15-17(21-18)25(23-22-15)11-13-7-5-4-6-8-13/h4-8,14,26H,9-12H2,1-3H3. The molecule has 4 rings (SSSR count). The Hall–Kier alpha value is -2.54. The van der Waals surface area contributed by atoms with E-state index in [4.69, 9.17) is 9.97 Å². The van der Waals surface area contributed by atoms with Gasteiger partial charge in [-0.05, 0) is 12.0 Å². The minimum absolute atomic E-state index is 0.191. The van der Waals surface area contributed by atoms with Crippen LogP contribution >= 0.6 is 0 Å². The summed E-state index contributed by atoms with van der Waals surface area (Å²) in [4.78, 5) is 11.7. The van der Waals surface area contributed by atoms with Gasteiger partial charge in [-0.2, -0.15) is 0 Å². The average Bonchev–Trinajstić information content (AvgIpc) is 3.21. The summed E-state index contributed by atoms with van der Waals surface area (Å²) in [5.41, 5.74) is 2.39. The fourth-order valence-electron chi connectivity index (χ4n) is 3.19. The van der Waals surface area contributed by atoms with Gasteiger partial charge in [-0.3, -0.25) is 0 Å². The van der Waals surface area contributed by atoms with Gasteiger partial charge in [-0.1, -0.05) is 56.3 Å². The molecular formula is C19H24N6O. The van der Waals surface area contributed by atoms with Gasteiger partial charge in [0.25, 0.3) is 0 Å². The van der Waals surface area contributed by atoms with Gasteiger partial charge in [0, 0.05) is 18.5 Å². The first-order valence-electron chi connectivity index (χ1n) is 9.00. The van der Waals surface area contributed by atoms with Crippen LogP contribution in [0.3, 0.4) is 0 Å². The van der Waals surface area contributed by atoms with Crippen molar-refractivity contribution in [1.29, 1.82) is 0 Å². The van der Waals surface area contributed by atoms with E-state index in [0.717, 1.165) is 35.8 Å². The van der Waals surface area contributed by atoms with E-state index in [-0.39, 0.29) is 11.5 Å². The predicted octanol–water partition coefficient (Wildman–Crippen LogP) is 2.14. The van der Waals surface area contributed by atoms with Gasteiger partial charge in [-0.25, -0.2) is 14.6 Å². The molecule has 1 aliphatic rings. The van der Waals surface area contributed by atoms with Crippen LogP contribution in [0.5, 0.6) is 0 Å². The molecule has 0 spiro atoms. The Morgan fingerprint density at radius 3 is 2.58 bits per heavy atom. The van der Waals surface area contributed by atoms with Gasteiger partial charge in [0.1, 0.15) is 5.82 Å². The van der Waals surface area contributed by atoms with Crippen molar-refractivity contribution in [3.63, 3.8) is 0 Å². The summed E-state index contributed by atoms with van der Waals surface area (Å²) < 4.78 is 1.83. The largest absolute Gasteiger partial charge is 0.391 e. The third-order valence-electron chi connectivity index (χ3n) is 4.65. The van der Waals surface area contributed by atoms with E-state index in [2.05, 4.69) is 48.1 Å². The van der Waals surface area contributed by atoms with Crippen LogP contribution in [0.4, 0.5) is 5.82 Å². The maximum atomic E-state index is 9.94. The van der Waals surface area contributed by atoms with Crippen LogP contribution < -0.4 is 4.90 Å². The Morgan fingerprint density at radius 1 is 1.15 bits per heavy atom. The van der Waals surface area contributed by atoms with Gasteiger partial charge in [0.2, 0.25) is 0 Å². The van der Waals surface area contributed by atoms with Crippen LogP contribution in [0.25, 0.3) is 11.2 Å². The highest BCUT2D eigenvalue weighted by atomic mass is 16.3. The maximum absolute atomic E-state index is 9.94. The van der Waals surface area contributed by atoms with E-state index in [1.807, 2.05) is 22.9 Å². The summed E-state index contributed by atoms with van der Waals surface area (Å²) in [6.07, 6.45) is 0.423.